The van der Waals surface area contributed by atoms with Crippen LogP contribution in [-0.4, -0.2) is 16.9 Å². The van der Waals surface area contributed by atoms with Crippen molar-refractivity contribution in [2.75, 3.05) is 0 Å². The van der Waals surface area contributed by atoms with Gasteiger partial charge in [-0.15, -0.1) is 0 Å². The Labute approximate surface area is 163 Å². The number of halogens is 1. The zero-order chi connectivity index (χ0) is 20.3. The molecule has 3 aromatic carbocycles. The Hall–Kier alpha value is -3.27. The van der Waals surface area contributed by atoms with Crippen molar-refractivity contribution in [3.8, 4) is 11.1 Å². The molecular weight excluding hydrogens is 355 g/mol. The van der Waals surface area contributed by atoms with Crippen molar-refractivity contribution in [3.05, 3.63) is 94.3 Å². The lowest BCUT2D eigenvalue weighted by Gasteiger charge is -2.16. The highest BCUT2D eigenvalue weighted by molar-refractivity contribution is 6.03. The highest BCUT2D eigenvalue weighted by atomic mass is 19.1. The molecule has 0 spiro atoms. The topological polar surface area (TPSA) is 54.4 Å². The van der Waals surface area contributed by atoms with Crippen molar-refractivity contribution in [1.82, 2.24) is 0 Å². The first-order valence-corrected chi connectivity index (χ1v) is 9.14. The molecule has 0 aliphatic carbocycles. The zero-order valence-corrected chi connectivity index (χ0v) is 15.8. The molecule has 0 bridgehead atoms. The fourth-order valence-electron chi connectivity index (χ4n) is 3.42. The van der Waals surface area contributed by atoms with Crippen LogP contribution in [0, 0.1) is 12.7 Å². The second-order valence-electron chi connectivity index (χ2n) is 6.77. The number of Topliss-reactive ketones (excluding diaryl/α,β-unsaturated/α-hetero) is 1. The molecule has 0 unspecified atom stereocenters. The summed E-state index contributed by atoms with van der Waals surface area (Å²) in [5.74, 6) is -1.73. The van der Waals surface area contributed by atoms with E-state index in [1.807, 2.05) is 44.2 Å². The maximum atomic E-state index is 13.1. The van der Waals surface area contributed by atoms with E-state index in [0.717, 1.165) is 16.7 Å². The van der Waals surface area contributed by atoms with Gasteiger partial charge in [0.25, 0.3) is 0 Å². The summed E-state index contributed by atoms with van der Waals surface area (Å²) in [5, 5.41) is 9.96. The van der Waals surface area contributed by atoms with Crippen molar-refractivity contribution < 1.29 is 19.1 Å². The molecule has 0 saturated carbocycles. The van der Waals surface area contributed by atoms with Crippen LogP contribution in [0.1, 0.15) is 44.3 Å². The van der Waals surface area contributed by atoms with Crippen molar-refractivity contribution in [2.24, 2.45) is 0 Å². The van der Waals surface area contributed by atoms with Gasteiger partial charge in [-0.25, -0.2) is 9.18 Å². The van der Waals surface area contributed by atoms with E-state index in [1.165, 1.54) is 24.3 Å². The number of benzene rings is 3. The van der Waals surface area contributed by atoms with Gasteiger partial charge in [0.15, 0.2) is 5.78 Å². The molecule has 3 nitrogen and oxygen atoms in total. The van der Waals surface area contributed by atoms with Gasteiger partial charge in [0.2, 0.25) is 0 Å². The lowest BCUT2D eigenvalue weighted by atomic mass is 9.87. The second kappa shape index (κ2) is 8.17. The Morgan fingerprint density at radius 2 is 1.64 bits per heavy atom. The van der Waals surface area contributed by atoms with E-state index >= 15 is 0 Å². The average molecular weight is 376 g/mol. The molecule has 0 aliphatic heterocycles. The molecule has 3 rings (SSSR count). The second-order valence-corrected chi connectivity index (χ2v) is 6.77. The number of hydrogen-bond donors (Lipinski definition) is 1. The van der Waals surface area contributed by atoms with E-state index in [1.54, 1.807) is 6.07 Å². The van der Waals surface area contributed by atoms with Gasteiger partial charge >= 0.3 is 5.97 Å². The van der Waals surface area contributed by atoms with Gasteiger partial charge in [-0.1, -0.05) is 48.9 Å². The van der Waals surface area contributed by atoms with E-state index in [2.05, 4.69) is 0 Å². The number of carboxylic acids is 1. The van der Waals surface area contributed by atoms with Crippen molar-refractivity contribution in [1.29, 1.82) is 0 Å². The minimum absolute atomic E-state index is 0.0594. The third-order valence-corrected chi connectivity index (χ3v) is 4.80. The molecule has 0 aromatic heterocycles. The highest BCUT2D eigenvalue weighted by Crippen LogP contribution is 2.32. The Morgan fingerprint density at radius 1 is 0.964 bits per heavy atom. The van der Waals surface area contributed by atoms with Gasteiger partial charge in [-0.3, -0.25) is 4.79 Å². The van der Waals surface area contributed by atoms with Gasteiger partial charge in [-0.05, 0) is 59.9 Å². The van der Waals surface area contributed by atoms with Gasteiger partial charge in [0.05, 0.1) is 5.56 Å². The van der Waals surface area contributed by atoms with Crippen LogP contribution in [0.15, 0.2) is 60.7 Å². The number of carbonyl (C=O) groups is 2. The minimum atomic E-state index is -1.06. The quantitative estimate of drug-likeness (QED) is 0.579. The van der Waals surface area contributed by atoms with Crippen LogP contribution >= 0.6 is 0 Å². The van der Waals surface area contributed by atoms with Crippen LogP contribution in [0.25, 0.3) is 11.1 Å². The van der Waals surface area contributed by atoms with E-state index in [4.69, 9.17) is 0 Å². The van der Waals surface area contributed by atoms with Crippen molar-refractivity contribution >= 4 is 11.8 Å². The third kappa shape index (κ3) is 4.01. The van der Waals surface area contributed by atoms with Gasteiger partial charge in [0.1, 0.15) is 5.82 Å². The molecule has 0 aliphatic rings. The highest BCUT2D eigenvalue weighted by Gasteiger charge is 2.22. The molecule has 0 saturated heterocycles. The van der Waals surface area contributed by atoms with Crippen LogP contribution < -0.4 is 0 Å². The van der Waals surface area contributed by atoms with Crippen LogP contribution in [-0.2, 0) is 12.8 Å². The van der Waals surface area contributed by atoms with Gasteiger partial charge in [0, 0.05) is 12.0 Å². The monoisotopic (exact) mass is 376 g/mol. The SMILES string of the molecule is CCc1ccc(CC(=O)c2ccc(F)cc2)c(C(=O)O)c1-c1cccc(C)c1. The smallest absolute Gasteiger partial charge is 0.336 e. The standard InChI is InChI=1S/C24H21FO3/c1-3-16-7-8-19(14-21(26)17-9-11-20(25)12-10-17)23(24(27)28)22(16)18-6-4-5-15(2)13-18/h4-13H,3,14H2,1-2H3,(H,27,28). The summed E-state index contributed by atoms with van der Waals surface area (Å²) in [6.45, 7) is 3.93. The Kier molecular flexibility index (Phi) is 5.69. The molecule has 0 amide bonds. The summed E-state index contributed by atoms with van der Waals surface area (Å²) < 4.78 is 13.1. The number of rotatable bonds is 6. The minimum Gasteiger partial charge on any atom is -0.478 e. The fraction of sp³-hybridized carbons (Fsp3) is 0.167. The molecule has 0 atom stereocenters. The largest absolute Gasteiger partial charge is 0.478 e. The molecular formula is C24H21FO3. The maximum Gasteiger partial charge on any atom is 0.336 e. The number of carboxylic acid groups (broad SMARTS) is 1. The number of ketones is 1. The molecule has 142 valence electrons. The van der Waals surface area contributed by atoms with Crippen molar-refractivity contribution in [3.63, 3.8) is 0 Å². The van der Waals surface area contributed by atoms with Gasteiger partial charge < -0.3 is 5.11 Å². The normalized spacial score (nSPS) is 10.7. The maximum absolute atomic E-state index is 13.1. The number of aromatic carboxylic acids is 1. The summed E-state index contributed by atoms with van der Waals surface area (Å²) in [6, 6.07) is 16.6. The fourth-order valence-corrected chi connectivity index (χ4v) is 3.42. The Morgan fingerprint density at radius 3 is 2.25 bits per heavy atom. The Balaban J connectivity index is 2.12. The first-order chi connectivity index (χ1) is 13.4. The average Bonchev–Trinajstić information content (AvgIpc) is 2.67. The molecule has 4 heteroatoms. The molecule has 1 N–H and O–H groups in total. The van der Waals surface area contributed by atoms with Crippen LogP contribution in [0.2, 0.25) is 0 Å². The van der Waals surface area contributed by atoms with Crippen LogP contribution in [0.5, 0.6) is 0 Å². The molecule has 0 radical (unpaired) electrons. The summed E-state index contributed by atoms with van der Waals surface area (Å²) in [4.78, 5) is 24.8. The van der Waals surface area contributed by atoms with Crippen LogP contribution in [0.3, 0.4) is 0 Å². The summed E-state index contributed by atoms with van der Waals surface area (Å²) >= 11 is 0. The number of hydrogen-bond acceptors (Lipinski definition) is 2. The van der Waals surface area contributed by atoms with E-state index in [-0.39, 0.29) is 17.8 Å². The molecule has 0 heterocycles. The summed E-state index contributed by atoms with van der Waals surface area (Å²) in [5.41, 5.74) is 4.39. The van der Waals surface area contributed by atoms with Crippen molar-refractivity contribution in [2.45, 2.75) is 26.7 Å². The molecule has 0 fully saturated rings. The van der Waals surface area contributed by atoms with Gasteiger partial charge in [-0.2, -0.15) is 0 Å². The summed E-state index contributed by atoms with van der Waals surface area (Å²) in [6.07, 6.45) is 0.617. The number of aryl methyl sites for hydroxylation is 2. The van der Waals surface area contributed by atoms with E-state index in [0.29, 0.717) is 23.1 Å². The third-order valence-electron chi connectivity index (χ3n) is 4.80. The van der Waals surface area contributed by atoms with Crippen LogP contribution in [0.4, 0.5) is 4.39 Å². The summed E-state index contributed by atoms with van der Waals surface area (Å²) in [7, 11) is 0. The predicted octanol–water partition coefficient (Wildman–Crippen LogP) is 5.49. The van der Waals surface area contributed by atoms with E-state index in [9.17, 15) is 19.1 Å². The zero-order valence-electron chi connectivity index (χ0n) is 15.8. The number of carbonyl (C=O) groups excluding carboxylic acids is 1. The molecule has 3 aromatic rings. The lowest BCUT2D eigenvalue weighted by molar-refractivity contribution is 0.0696. The Bertz CT molecular complexity index is 1040. The lowest BCUT2D eigenvalue weighted by Crippen LogP contribution is -2.12. The first-order valence-electron chi connectivity index (χ1n) is 9.14. The predicted molar refractivity (Wildman–Crippen MR) is 107 cm³/mol. The van der Waals surface area contributed by atoms with E-state index < -0.39 is 11.8 Å². The molecule has 28 heavy (non-hydrogen) atoms. The first kappa shape index (κ1) is 19.5.